The highest BCUT2D eigenvalue weighted by Crippen LogP contribution is 2.34. The van der Waals surface area contributed by atoms with Gasteiger partial charge in [-0.1, -0.05) is 43.6 Å². The minimum Gasteiger partial charge on any atom is -0.478 e. The van der Waals surface area contributed by atoms with Crippen molar-refractivity contribution in [2.75, 3.05) is 38.3 Å². The second-order valence-electron chi connectivity index (χ2n) is 10.8. The van der Waals surface area contributed by atoms with E-state index in [1.54, 1.807) is 12.1 Å². The SMILES string of the molecule is CC(C)c1cn(C)c2c(C(=O)O)cc(N3CCOCC3)cc12.COC(=O)c1cc(Br)cc2c(C(C)C)cn(C)c12. The van der Waals surface area contributed by atoms with Crippen LogP contribution in [0.1, 0.15) is 71.4 Å². The molecule has 0 spiro atoms. The van der Waals surface area contributed by atoms with Crippen LogP contribution in [-0.2, 0) is 23.6 Å². The molecule has 2 aromatic heterocycles. The summed E-state index contributed by atoms with van der Waals surface area (Å²) in [6.45, 7) is 11.5. The Bertz CT molecular complexity index is 1560. The highest BCUT2D eigenvalue weighted by atomic mass is 79.9. The summed E-state index contributed by atoms with van der Waals surface area (Å²) in [6.07, 6.45) is 4.12. The number of morpholine rings is 1. The van der Waals surface area contributed by atoms with Gasteiger partial charge >= 0.3 is 11.9 Å². The smallest absolute Gasteiger partial charge is 0.340 e. The Hall–Kier alpha value is -3.30. The van der Waals surface area contributed by atoms with Crippen LogP contribution in [0.2, 0.25) is 0 Å². The summed E-state index contributed by atoms with van der Waals surface area (Å²) in [7, 11) is 5.27. The second kappa shape index (κ2) is 12.1. The third-order valence-electron chi connectivity index (χ3n) is 7.42. The number of aromatic nitrogens is 2. The van der Waals surface area contributed by atoms with E-state index in [1.165, 1.54) is 18.2 Å². The lowest BCUT2D eigenvalue weighted by atomic mass is 10.00. The molecule has 5 rings (SSSR count). The number of aromatic carboxylic acids is 1. The van der Waals surface area contributed by atoms with Crippen molar-refractivity contribution in [2.45, 2.75) is 39.5 Å². The van der Waals surface area contributed by atoms with E-state index in [-0.39, 0.29) is 5.97 Å². The van der Waals surface area contributed by atoms with Crippen molar-refractivity contribution in [3.8, 4) is 0 Å². The number of methoxy groups -OCH3 is 1. The molecule has 1 aliphatic heterocycles. The maximum atomic E-state index is 11.9. The molecule has 0 unspecified atom stereocenters. The Kier molecular flexibility index (Phi) is 8.95. The predicted octanol–water partition coefficient (Wildman–Crippen LogP) is 6.69. The zero-order valence-corrected chi connectivity index (χ0v) is 25.8. The Morgan fingerprint density at radius 2 is 1.40 bits per heavy atom. The van der Waals surface area contributed by atoms with E-state index in [0.717, 1.165) is 45.1 Å². The number of hydrogen-bond acceptors (Lipinski definition) is 5. The number of benzene rings is 2. The number of carboxylic acids is 1. The first-order chi connectivity index (χ1) is 18.9. The number of aryl methyl sites for hydroxylation is 2. The van der Waals surface area contributed by atoms with E-state index in [4.69, 9.17) is 9.47 Å². The van der Waals surface area contributed by atoms with Gasteiger partial charge in [0, 0.05) is 60.5 Å². The van der Waals surface area contributed by atoms with E-state index in [1.807, 2.05) is 29.4 Å². The number of nitrogens with zero attached hydrogens (tertiary/aromatic N) is 3. The van der Waals surface area contributed by atoms with Crippen molar-refractivity contribution in [3.05, 3.63) is 63.4 Å². The molecular weight excluding hydrogens is 574 g/mol. The highest BCUT2D eigenvalue weighted by molar-refractivity contribution is 9.10. The molecular formula is C31H38BrN3O5. The highest BCUT2D eigenvalue weighted by Gasteiger charge is 2.21. The quantitative estimate of drug-likeness (QED) is 0.253. The topological polar surface area (TPSA) is 85.9 Å². The van der Waals surface area contributed by atoms with Crippen molar-refractivity contribution < 1.29 is 24.2 Å². The zero-order chi connectivity index (χ0) is 29.3. The molecule has 4 aromatic rings. The van der Waals surface area contributed by atoms with Crippen molar-refractivity contribution in [1.29, 1.82) is 0 Å². The third-order valence-corrected chi connectivity index (χ3v) is 7.88. The van der Waals surface area contributed by atoms with E-state index < -0.39 is 5.97 Å². The van der Waals surface area contributed by atoms with Crippen LogP contribution < -0.4 is 4.90 Å². The molecule has 0 saturated carbocycles. The Labute approximate surface area is 243 Å². The average Bonchev–Trinajstić information content (AvgIpc) is 3.44. The fourth-order valence-electron chi connectivity index (χ4n) is 5.46. The molecule has 40 heavy (non-hydrogen) atoms. The van der Waals surface area contributed by atoms with Gasteiger partial charge in [0.05, 0.1) is 42.5 Å². The minimum atomic E-state index is -0.878. The maximum Gasteiger partial charge on any atom is 0.340 e. The fraction of sp³-hybridized carbons (Fsp3) is 0.419. The number of anilines is 1. The molecule has 214 valence electrons. The van der Waals surface area contributed by atoms with Gasteiger partial charge in [-0.25, -0.2) is 9.59 Å². The number of ether oxygens (including phenoxy) is 2. The third kappa shape index (κ3) is 5.76. The van der Waals surface area contributed by atoms with Gasteiger partial charge < -0.3 is 28.6 Å². The molecule has 3 heterocycles. The minimum absolute atomic E-state index is 0.308. The molecule has 1 saturated heterocycles. The summed E-state index contributed by atoms with van der Waals surface area (Å²) in [6, 6.07) is 7.78. The van der Waals surface area contributed by atoms with Crippen LogP contribution in [-0.4, -0.2) is 59.6 Å². The standard InChI is InChI=1S/C17H22N2O3.C14H16BrNO2/c1-11(2)15-10-18(3)16-13(15)8-12(9-14(16)17(20)21)19-4-6-22-7-5-19;1-8(2)12-7-16(3)13-10(12)5-9(15)6-11(13)14(17)18-4/h8-11H,4-7H2,1-3H3,(H,20,21);5-8H,1-4H3. The molecule has 2 aromatic carbocycles. The van der Waals surface area contributed by atoms with Crippen LogP contribution in [0.5, 0.6) is 0 Å². The van der Waals surface area contributed by atoms with Crippen LogP contribution in [0.3, 0.4) is 0 Å². The number of esters is 1. The number of carboxylic acid groups (broad SMARTS) is 1. The molecule has 8 nitrogen and oxygen atoms in total. The van der Waals surface area contributed by atoms with Crippen LogP contribution in [0.25, 0.3) is 21.8 Å². The number of halogens is 1. The molecule has 0 aliphatic carbocycles. The first-order valence-corrected chi connectivity index (χ1v) is 14.3. The molecule has 0 atom stereocenters. The lowest BCUT2D eigenvalue weighted by Gasteiger charge is -2.29. The van der Waals surface area contributed by atoms with E-state index in [2.05, 4.69) is 66.9 Å². The first kappa shape index (κ1) is 29.7. The van der Waals surface area contributed by atoms with Gasteiger partial charge in [-0.15, -0.1) is 0 Å². The van der Waals surface area contributed by atoms with Gasteiger partial charge in [0.2, 0.25) is 0 Å². The second-order valence-corrected chi connectivity index (χ2v) is 11.8. The molecule has 0 amide bonds. The van der Waals surface area contributed by atoms with Gasteiger partial charge in [-0.2, -0.15) is 0 Å². The van der Waals surface area contributed by atoms with Gasteiger partial charge in [-0.3, -0.25) is 0 Å². The zero-order valence-electron chi connectivity index (χ0n) is 24.2. The molecule has 0 bridgehead atoms. The Morgan fingerprint density at radius 3 is 1.90 bits per heavy atom. The van der Waals surface area contributed by atoms with Crippen molar-refractivity contribution >= 4 is 55.4 Å². The van der Waals surface area contributed by atoms with Crippen LogP contribution in [0.15, 0.2) is 41.1 Å². The maximum absolute atomic E-state index is 11.9. The van der Waals surface area contributed by atoms with Gasteiger partial charge in [0.15, 0.2) is 0 Å². The number of carbonyl (C=O) groups is 2. The predicted molar refractivity (Wildman–Crippen MR) is 163 cm³/mol. The fourth-order valence-corrected chi connectivity index (χ4v) is 5.91. The van der Waals surface area contributed by atoms with Crippen molar-refractivity contribution in [1.82, 2.24) is 9.13 Å². The Morgan fingerprint density at radius 1 is 0.875 bits per heavy atom. The first-order valence-electron chi connectivity index (χ1n) is 13.5. The monoisotopic (exact) mass is 611 g/mol. The number of carbonyl (C=O) groups excluding carboxylic acids is 1. The molecule has 9 heteroatoms. The van der Waals surface area contributed by atoms with Gasteiger partial charge in [0.25, 0.3) is 0 Å². The number of rotatable bonds is 5. The molecule has 1 aliphatic rings. The Balaban J connectivity index is 0.000000189. The summed E-state index contributed by atoms with van der Waals surface area (Å²) >= 11 is 3.46. The largest absolute Gasteiger partial charge is 0.478 e. The summed E-state index contributed by atoms with van der Waals surface area (Å²) in [5.74, 6) is -0.423. The van der Waals surface area contributed by atoms with Crippen molar-refractivity contribution in [3.63, 3.8) is 0 Å². The van der Waals surface area contributed by atoms with Crippen LogP contribution >= 0.6 is 15.9 Å². The van der Waals surface area contributed by atoms with E-state index in [9.17, 15) is 14.7 Å². The summed E-state index contributed by atoms with van der Waals surface area (Å²) in [5.41, 5.74) is 6.09. The van der Waals surface area contributed by atoms with E-state index >= 15 is 0 Å². The summed E-state index contributed by atoms with van der Waals surface area (Å²) in [4.78, 5) is 25.8. The average molecular weight is 613 g/mol. The molecule has 1 fully saturated rings. The lowest BCUT2D eigenvalue weighted by Crippen LogP contribution is -2.36. The molecule has 1 N–H and O–H groups in total. The van der Waals surface area contributed by atoms with E-state index in [0.29, 0.717) is 36.2 Å². The molecule has 0 radical (unpaired) electrons. The number of fused-ring (bicyclic) bond motifs is 2. The van der Waals surface area contributed by atoms with Crippen LogP contribution in [0.4, 0.5) is 5.69 Å². The van der Waals surface area contributed by atoms with Gasteiger partial charge in [0.1, 0.15) is 0 Å². The lowest BCUT2D eigenvalue weighted by molar-refractivity contribution is 0.0601. The summed E-state index contributed by atoms with van der Waals surface area (Å²) < 4.78 is 15.1. The van der Waals surface area contributed by atoms with Crippen LogP contribution in [0, 0.1) is 0 Å². The normalized spacial score (nSPS) is 13.7. The van der Waals surface area contributed by atoms with Crippen molar-refractivity contribution in [2.24, 2.45) is 14.1 Å². The summed E-state index contributed by atoms with van der Waals surface area (Å²) in [5, 5.41) is 11.8. The van der Waals surface area contributed by atoms with Gasteiger partial charge in [-0.05, 0) is 47.2 Å². The number of hydrogen-bond donors (Lipinski definition) is 1.